The number of nitrogens with zero attached hydrogens (tertiary/aromatic N) is 1. The van der Waals surface area contributed by atoms with Gasteiger partial charge in [-0.1, -0.05) is 6.07 Å². The van der Waals surface area contributed by atoms with Gasteiger partial charge in [-0.3, -0.25) is 14.5 Å². The lowest BCUT2D eigenvalue weighted by Gasteiger charge is -2.32. The van der Waals surface area contributed by atoms with Crippen LogP contribution in [-0.4, -0.2) is 48.4 Å². The number of amides is 2. The molecule has 0 unspecified atom stereocenters. The monoisotopic (exact) mass is 357 g/mol. The fourth-order valence-corrected chi connectivity index (χ4v) is 3.26. The van der Waals surface area contributed by atoms with Gasteiger partial charge < -0.3 is 15.1 Å². The molecule has 2 atom stereocenters. The van der Waals surface area contributed by atoms with Crippen molar-refractivity contribution in [1.82, 2.24) is 15.5 Å². The van der Waals surface area contributed by atoms with Crippen molar-refractivity contribution in [1.29, 1.82) is 0 Å². The van der Waals surface area contributed by atoms with Crippen molar-refractivity contribution < 1.29 is 14.0 Å². The number of furan rings is 1. The Morgan fingerprint density at radius 2 is 1.81 bits per heavy atom. The number of carbonyl (C=O) groups excluding carboxylic acids is 2. The van der Waals surface area contributed by atoms with E-state index in [2.05, 4.69) is 10.6 Å². The van der Waals surface area contributed by atoms with E-state index in [0.717, 1.165) is 24.6 Å². The van der Waals surface area contributed by atoms with Gasteiger partial charge in [0, 0.05) is 17.5 Å². The lowest BCUT2D eigenvalue weighted by molar-refractivity contribution is -0.130. The Labute approximate surface area is 153 Å². The van der Waals surface area contributed by atoms with Gasteiger partial charge in [0.2, 0.25) is 5.91 Å². The maximum atomic E-state index is 12.6. The third-order valence-electron chi connectivity index (χ3n) is 5.52. The molecule has 2 N–H and O–H groups in total. The molecule has 0 bridgehead atoms. The maximum Gasteiger partial charge on any atom is 0.252 e. The summed E-state index contributed by atoms with van der Waals surface area (Å²) in [6.07, 6.45) is 4.08. The summed E-state index contributed by atoms with van der Waals surface area (Å²) in [4.78, 5) is 27.0. The highest BCUT2D eigenvalue weighted by atomic mass is 16.3. The molecule has 2 aromatic rings. The van der Waals surface area contributed by atoms with Gasteiger partial charge in [-0.15, -0.1) is 0 Å². The van der Waals surface area contributed by atoms with E-state index in [1.54, 1.807) is 12.3 Å². The van der Waals surface area contributed by atoms with Gasteiger partial charge in [0.25, 0.3) is 5.91 Å². The zero-order chi connectivity index (χ0) is 18.9. The largest absolute Gasteiger partial charge is 0.464 e. The highest BCUT2D eigenvalue weighted by molar-refractivity contribution is 6.06. The zero-order valence-corrected chi connectivity index (χ0v) is 15.8. The predicted molar refractivity (Wildman–Crippen MR) is 101 cm³/mol. The fourth-order valence-electron chi connectivity index (χ4n) is 3.26. The van der Waals surface area contributed by atoms with Crippen molar-refractivity contribution in [2.75, 3.05) is 14.1 Å². The molecule has 1 heterocycles. The number of hydrogen-bond donors (Lipinski definition) is 2. The molecule has 0 aliphatic heterocycles. The summed E-state index contributed by atoms with van der Waals surface area (Å²) < 4.78 is 5.36. The SMILES string of the molecule is CN(C)C(C)(C)C(=O)N[C@@H]1CC[C@H](NC(=O)c2cccc3occc23)C1. The van der Waals surface area contributed by atoms with Gasteiger partial charge >= 0.3 is 0 Å². The Hall–Kier alpha value is -2.34. The highest BCUT2D eigenvalue weighted by Gasteiger charge is 2.34. The van der Waals surface area contributed by atoms with Crippen molar-refractivity contribution in [2.24, 2.45) is 0 Å². The van der Waals surface area contributed by atoms with Crippen LogP contribution in [0.3, 0.4) is 0 Å². The molecule has 3 rings (SSSR count). The first kappa shape index (κ1) is 18.5. The fraction of sp³-hybridized carbons (Fsp3) is 0.500. The van der Waals surface area contributed by atoms with Crippen LogP contribution in [0.1, 0.15) is 43.5 Å². The third-order valence-corrected chi connectivity index (χ3v) is 5.52. The second-order valence-electron chi connectivity index (χ2n) is 7.75. The molecule has 6 nitrogen and oxygen atoms in total. The third kappa shape index (κ3) is 3.60. The molecule has 140 valence electrons. The van der Waals surface area contributed by atoms with Crippen molar-refractivity contribution in [2.45, 2.75) is 50.7 Å². The summed E-state index contributed by atoms with van der Waals surface area (Å²) in [7, 11) is 3.79. The van der Waals surface area contributed by atoms with Crippen molar-refractivity contribution in [3.63, 3.8) is 0 Å². The smallest absolute Gasteiger partial charge is 0.252 e. The Morgan fingerprint density at radius 3 is 2.50 bits per heavy atom. The number of likely N-dealkylation sites (N-methyl/N-ethyl adjacent to an activating group) is 1. The molecule has 1 aromatic carbocycles. The summed E-state index contributed by atoms with van der Waals surface area (Å²) >= 11 is 0. The number of rotatable bonds is 5. The normalized spacial score (nSPS) is 20.5. The van der Waals surface area contributed by atoms with Crippen LogP contribution in [0.15, 0.2) is 34.9 Å². The molecule has 0 spiro atoms. The first-order valence-electron chi connectivity index (χ1n) is 9.04. The average Bonchev–Trinajstić information content (AvgIpc) is 3.23. The standard InChI is InChI=1S/C20H27N3O3/c1-20(2,23(3)4)19(25)22-14-9-8-13(12-14)21-18(24)16-6-5-7-17-15(16)10-11-26-17/h5-7,10-11,13-14H,8-9,12H2,1-4H3,(H,21,24)(H,22,25)/t13-,14+/m0/s1. The molecule has 1 aliphatic carbocycles. The van der Waals surface area contributed by atoms with Crippen LogP contribution < -0.4 is 10.6 Å². The minimum absolute atomic E-state index is 0.0163. The summed E-state index contributed by atoms with van der Waals surface area (Å²) in [5.41, 5.74) is 0.774. The Morgan fingerprint density at radius 1 is 1.12 bits per heavy atom. The highest BCUT2D eigenvalue weighted by Crippen LogP contribution is 2.23. The van der Waals surface area contributed by atoms with Crippen molar-refractivity contribution in [3.05, 3.63) is 36.1 Å². The van der Waals surface area contributed by atoms with Gasteiger partial charge in [-0.05, 0) is 65.4 Å². The van der Waals surface area contributed by atoms with Crippen LogP contribution in [-0.2, 0) is 4.79 Å². The molecule has 1 aromatic heterocycles. The van der Waals surface area contributed by atoms with E-state index in [1.165, 1.54) is 0 Å². The van der Waals surface area contributed by atoms with E-state index in [4.69, 9.17) is 4.42 Å². The topological polar surface area (TPSA) is 74.6 Å². The minimum atomic E-state index is -0.557. The zero-order valence-electron chi connectivity index (χ0n) is 15.8. The molecular formula is C20H27N3O3. The quantitative estimate of drug-likeness (QED) is 0.862. The Balaban J connectivity index is 1.59. The lowest BCUT2D eigenvalue weighted by Crippen LogP contribution is -2.54. The van der Waals surface area contributed by atoms with Crippen LogP contribution >= 0.6 is 0 Å². The first-order chi connectivity index (χ1) is 12.3. The molecule has 0 radical (unpaired) electrons. The second-order valence-corrected chi connectivity index (χ2v) is 7.75. The maximum absolute atomic E-state index is 12.6. The molecule has 0 saturated heterocycles. The number of nitrogens with one attached hydrogen (secondary N) is 2. The van der Waals surface area contributed by atoms with Crippen molar-refractivity contribution >= 4 is 22.8 Å². The van der Waals surface area contributed by atoms with E-state index in [9.17, 15) is 9.59 Å². The van der Waals surface area contributed by atoms with Crippen LogP contribution in [0, 0.1) is 0 Å². The lowest BCUT2D eigenvalue weighted by atomic mass is 10.0. The van der Waals surface area contributed by atoms with Crippen LogP contribution in [0.2, 0.25) is 0 Å². The van der Waals surface area contributed by atoms with Crippen LogP contribution in [0.5, 0.6) is 0 Å². The van der Waals surface area contributed by atoms with E-state index >= 15 is 0 Å². The van der Waals surface area contributed by atoms with E-state index in [0.29, 0.717) is 11.1 Å². The first-order valence-corrected chi connectivity index (χ1v) is 9.04. The van der Waals surface area contributed by atoms with Crippen LogP contribution in [0.4, 0.5) is 0 Å². The summed E-state index contributed by atoms with van der Waals surface area (Å²) in [5.74, 6) is -0.0785. The summed E-state index contributed by atoms with van der Waals surface area (Å²) in [5, 5.41) is 7.04. The number of hydrogen-bond acceptors (Lipinski definition) is 4. The van der Waals surface area contributed by atoms with Crippen LogP contribution in [0.25, 0.3) is 11.0 Å². The number of fused-ring (bicyclic) bond motifs is 1. The molecule has 1 saturated carbocycles. The van der Waals surface area contributed by atoms with E-state index in [-0.39, 0.29) is 23.9 Å². The number of carbonyl (C=O) groups is 2. The van der Waals surface area contributed by atoms with Gasteiger partial charge in [0.05, 0.1) is 17.4 Å². The second kappa shape index (κ2) is 7.11. The van der Waals surface area contributed by atoms with Gasteiger partial charge in [0.15, 0.2) is 0 Å². The molecule has 1 fully saturated rings. The minimum Gasteiger partial charge on any atom is -0.464 e. The molecule has 6 heteroatoms. The molecule has 26 heavy (non-hydrogen) atoms. The van der Waals surface area contributed by atoms with Gasteiger partial charge in [-0.25, -0.2) is 0 Å². The van der Waals surface area contributed by atoms with E-state index in [1.807, 2.05) is 51.0 Å². The van der Waals surface area contributed by atoms with Gasteiger partial charge in [-0.2, -0.15) is 0 Å². The molecule has 2 amide bonds. The van der Waals surface area contributed by atoms with E-state index < -0.39 is 5.54 Å². The molecular weight excluding hydrogens is 330 g/mol. The van der Waals surface area contributed by atoms with Crippen molar-refractivity contribution in [3.8, 4) is 0 Å². The number of benzene rings is 1. The average molecular weight is 357 g/mol. The van der Waals surface area contributed by atoms with Gasteiger partial charge in [0.1, 0.15) is 5.58 Å². The molecule has 1 aliphatic rings. The summed E-state index contributed by atoms with van der Waals surface area (Å²) in [6, 6.07) is 7.45. The predicted octanol–water partition coefficient (Wildman–Crippen LogP) is 2.54. The summed E-state index contributed by atoms with van der Waals surface area (Å²) in [6.45, 7) is 3.81. The Kier molecular flexibility index (Phi) is 5.05. The Bertz CT molecular complexity index is 809.